The van der Waals surface area contributed by atoms with E-state index in [9.17, 15) is 0 Å². The van der Waals surface area contributed by atoms with E-state index in [1.165, 1.54) is 0 Å². The van der Waals surface area contributed by atoms with Crippen LogP contribution in [0, 0.1) is 5.92 Å². The molecule has 0 aromatic carbocycles. The zero-order chi connectivity index (χ0) is 14.1. The van der Waals surface area contributed by atoms with Crippen molar-refractivity contribution in [2.45, 2.75) is 57.7 Å². The Morgan fingerprint density at radius 3 is 2.63 bits per heavy atom. The molecule has 2 fully saturated rings. The molecule has 2 unspecified atom stereocenters. The lowest BCUT2D eigenvalue weighted by atomic mass is 9.79. The van der Waals surface area contributed by atoms with Gasteiger partial charge in [0.1, 0.15) is 0 Å². The minimum absolute atomic E-state index is 0.0660. The first-order valence-electron chi connectivity index (χ1n) is 7.58. The predicted molar refractivity (Wildman–Crippen MR) is 77.2 cm³/mol. The first-order valence-corrected chi connectivity index (χ1v) is 7.58. The molecule has 0 aromatic heterocycles. The Morgan fingerprint density at radius 2 is 2.05 bits per heavy atom. The van der Waals surface area contributed by atoms with Gasteiger partial charge in [-0.1, -0.05) is 13.8 Å². The van der Waals surface area contributed by atoms with Crippen LogP contribution in [0.15, 0.2) is 0 Å². The maximum absolute atomic E-state index is 6.21. The van der Waals surface area contributed by atoms with Crippen molar-refractivity contribution >= 4 is 0 Å². The van der Waals surface area contributed by atoms with Crippen molar-refractivity contribution < 1.29 is 9.47 Å². The summed E-state index contributed by atoms with van der Waals surface area (Å²) < 4.78 is 11.6. The normalized spacial score (nSPS) is 36.6. The molecule has 2 saturated heterocycles. The van der Waals surface area contributed by atoms with E-state index in [4.69, 9.17) is 15.2 Å². The number of morpholine rings is 1. The molecule has 0 aliphatic carbocycles. The van der Waals surface area contributed by atoms with Crippen LogP contribution in [0.5, 0.6) is 0 Å². The molecule has 2 atom stereocenters. The summed E-state index contributed by atoms with van der Waals surface area (Å²) in [4.78, 5) is 2.60. The molecule has 0 radical (unpaired) electrons. The van der Waals surface area contributed by atoms with Crippen LogP contribution in [-0.2, 0) is 9.47 Å². The molecule has 19 heavy (non-hydrogen) atoms. The molecule has 2 aliphatic heterocycles. The van der Waals surface area contributed by atoms with Gasteiger partial charge in [-0.3, -0.25) is 4.90 Å². The molecule has 4 nitrogen and oxygen atoms in total. The van der Waals surface area contributed by atoms with E-state index in [-0.39, 0.29) is 11.1 Å². The number of ether oxygens (including phenoxy) is 2. The first kappa shape index (κ1) is 15.2. The van der Waals surface area contributed by atoms with Crippen LogP contribution in [0.3, 0.4) is 0 Å². The van der Waals surface area contributed by atoms with Gasteiger partial charge in [-0.15, -0.1) is 0 Å². The first-order chi connectivity index (χ1) is 8.91. The molecule has 2 heterocycles. The molecule has 0 aromatic rings. The monoisotopic (exact) mass is 270 g/mol. The Morgan fingerprint density at radius 1 is 1.32 bits per heavy atom. The number of hydrogen-bond acceptors (Lipinski definition) is 4. The van der Waals surface area contributed by atoms with Gasteiger partial charge in [-0.2, -0.15) is 0 Å². The summed E-state index contributed by atoms with van der Waals surface area (Å²) in [6.45, 7) is 13.1. The lowest BCUT2D eigenvalue weighted by Gasteiger charge is -2.56. The maximum atomic E-state index is 6.21. The van der Waals surface area contributed by atoms with Crippen LogP contribution < -0.4 is 5.73 Å². The second-order valence-corrected chi connectivity index (χ2v) is 7.05. The van der Waals surface area contributed by atoms with E-state index in [0.29, 0.717) is 18.6 Å². The zero-order valence-electron chi connectivity index (χ0n) is 12.9. The number of hydrogen-bond donors (Lipinski definition) is 1. The van der Waals surface area contributed by atoms with Gasteiger partial charge in [-0.05, 0) is 32.6 Å². The summed E-state index contributed by atoms with van der Waals surface area (Å²) >= 11 is 0. The fraction of sp³-hybridized carbons (Fsp3) is 1.00. The lowest BCUT2D eigenvalue weighted by Crippen LogP contribution is -2.68. The number of rotatable bonds is 3. The Balaban J connectivity index is 2.21. The highest BCUT2D eigenvalue weighted by molar-refractivity contribution is 5.03. The predicted octanol–water partition coefficient (Wildman–Crippen LogP) is 1.63. The molecule has 0 amide bonds. The SMILES string of the molecule is CC(C)C1CC(CN)(N2CCOCC2(C)C)CCO1. The van der Waals surface area contributed by atoms with Gasteiger partial charge < -0.3 is 15.2 Å². The lowest BCUT2D eigenvalue weighted by molar-refractivity contribution is -0.152. The highest BCUT2D eigenvalue weighted by atomic mass is 16.5. The standard InChI is InChI=1S/C15H30N2O2/c1-12(2)13-9-15(10-16,5-7-19-13)17-6-8-18-11-14(17,3)4/h12-13H,5-11,16H2,1-4H3. The van der Waals surface area contributed by atoms with Crippen molar-refractivity contribution in [2.75, 3.05) is 32.9 Å². The van der Waals surface area contributed by atoms with Gasteiger partial charge in [0.05, 0.1) is 19.3 Å². The second-order valence-electron chi connectivity index (χ2n) is 7.05. The van der Waals surface area contributed by atoms with Crippen LogP contribution in [-0.4, -0.2) is 55.0 Å². The summed E-state index contributed by atoms with van der Waals surface area (Å²) in [6.07, 6.45) is 2.41. The van der Waals surface area contributed by atoms with E-state index in [1.54, 1.807) is 0 Å². The molecule has 112 valence electrons. The van der Waals surface area contributed by atoms with Crippen molar-refractivity contribution in [2.24, 2.45) is 11.7 Å². The third-order valence-electron chi connectivity index (χ3n) is 4.82. The minimum Gasteiger partial charge on any atom is -0.378 e. The van der Waals surface area contributed by atoms with Crippen molar-refractivity contribution in [1.29, 1.82) is 0 Å². The topological polar surface area (TPSA) is 47.7 Å². The fourth-order valence-electron chi connectivity index (χ4n) is 3.64. The maximum Gasteiger partial charge on any atom is 0.0645 e. The van der Waals surface area contributed by atoms with Crippen LogP contribution in [0.2, 0.25) is 0 Å². The average Bonchev–Trinajstić information content (AvgIpc) is 2.38. The van der Waals surface area contributed by atoms with Gasteiger partial charge in [0.2, 0.25) is 0 Å². The minimum atomic E-state index is 0.0660. The third kappa shape index (κ3) is 2.97. The van der Waals surface area contributed by atoms with E-state index in [2.05, 4.69) is 32.6 Å². The summed E-state index contributed by atoms with van der Waals surface area (Å²) in [5.41, 5.74) is 6.36. The summed E-state index contributed by atoms with van der Waals surface area (Å²) in [6, 6.07) is 0. The van der Waals surface area contributed by atoms with E-state index in [1.807, 2.05) is 0 Å². The number of nitrogens with zero attached hydrogens (tertiary/aromatic N) is 1. The molecule has 2 rings (SSSR count). The Hall–Kier alpha value is -0.160. The zero-order valence-corrected chi connectivity index (χ0v) is 12.9. The van der Waals surface area contributed by atoms with Gasteiger partial charge in [-0.25, -0.2) is 0 Å². The van der Waals surface area contributed by atoms with Gasteiger partial charge in [0, 0.05) is 30.8 Å². The average molecular weight is 270 g/mol. The van der Waals surface area contributed by atoms with Crippen LogP contribution >= 0.6 is 0 Å². The van der Waals surface area contributed by atoms with Crippen molar-refractivity contribution in [3.8, 4) is 0 Å². The van der Waals surface area contributed by atoms with Crippen molar-refractivity contribution in [1.82, 2.24) is 4.90 Å². The van der Waals surface area contributed by atoms with E-state index >= 15 is 0 Å². The molecule has 0 bridgehead atoms. The second kappa shape index (κ2) is 5.68. The molecule has 2 aliphatic rings. The van der Waals surface area contributed by atoms with Gasteiger partial charge in [0.25, 0.3) is 0 Å². The molecule has 0 saturated carbocycles. The van der Waals surface area contributed by atoms with Crippen LogP contribution in [0.4, 0.5) is 0 Å². The Labute approximate surface area is 117 Å². The highest BCUT2D eigenvalue weighted by Gasteiger charge is 2.47. The summed E-state index contributed by atoms with van der Waals surface area (Å²) in [7, 11) is 0. The third-order valence-corrected chi connectivity index (χ3v) is 4.82. The Bertz CT molecular complexity index is 307. The molecule has 2 N–H and O–H groups in total. The van der Waals surface area contributed by atoms with Gasteiger partial charge in [0.15, 0.2) is 0 Å². The smallest absolute Gasteiger partial charge is 0.0645 e. The largest absolute Gasteiger partial charge is 0.378 e. The fourth-order valence-corrected chi connectivity index (χ4v) is 3.64. The molecule has 0 spiro atoms. The Kier molecular flexibility index (Phi) is 4.56. The quantitative estimate of drug-likeness (QED) is 0.847. The molecular weight excluding hydrogens is 240 g/mol. The van der Waals surface area contributed by atoms with E-state index in [0.717, 1.165) is 39.2 Å². The highest BCUT2D eigenvalue weighted by Crippen LogP contribution is 2.38. The molecular formula is C15H30N2O2. The van der Waals surface area contributed by atoms with Crippen LogP contribution in [0.1, 0.15) is 40.5 Å². The molecule has 4 heteroatoms. The summed E-state index contributed by atoms with van der Waals surface area (Å²) in [5.74, 6) is 0.551. The van der Waals surface area contributed by atoms with Crippen LogP contribution in [0.25, 0.3) is 0 Å². The van der Waals surface area contributed by atoms with E-state index < -0.39 is 0 Å². The van der Waals surface area contributed by atoms with Crippen molar-refractivity contribution in [3.05, 3.63) is 0 Å². The van der Waals surface area contributed by atoms with Gasteiger partial charge >= 0.3 is 0 Å². The van der Waals surface area contributed by atoms with Crippen molar-refractivity contribution in [3.63, 3.8) is 0 Å². The summed E-state index contributed by atoms with van der Waals surface area (Å²) in [5, 5.41) is 0. The number of nitrogens with two attached hydrogens (primary N) is 1.